The van der Waals surface area contributed by atoms with E-state index in [0.717, 1.165) is 37.7 Å². The van der Waals surface area contributed by atoms with Crippen LogP contribution in [-0.4, -0.2) is 39.1 Å². The van der Waals surface area contributed by atoms with Crippen LogP contribution in [0.2, 0.25) is 0 Å². The van der Waals surface area contributed by atoms with Gasteiger partial charge in [0, 0.05) is 6.42 Å². The summed E-state index contributed by atoms with van der Waals surface area (Å²) in [6.07, 6.45) is 9.55. The molecule has 0 spiro atoms. The van der Waals surface area contributed by atoms with Gasteiger partial charge in [-0.3, -0.25) is 0 Å². The van der Waals surface area contributed by atoms with Crippen molar-refractivity contribution in [3.63, 3.8) is 0 Å². The van der Waals surface area contributed by atoms with Crippen LogP contribution >= 0.6 is 0 Å². The number of rotatable bonds is 6. The lowest BCUT2D eigenvalue weighted by Gasteiger charge is -2.44. The second-order valence-corrected chi connectivity index (χ2v) is 11.5. The molecule has 3 aliphatic rings. The summed E-state index contributed by atoms with van der Waals surface area (Å²) in [5.41, 5.74) is 1.11. The highest BCUT2D eigenvalue weighted by Crippen LogP contribution is 2.60. The fraction of sp³-hybridized carbons (Fsp3) is 0.778. The Hall–Kier alpha value is -1.04. The van der Waals surface area contributed by atoms with Crippen LogP contribution in [0.4, 0.5) is 8.78 Å². The topological polar surface area (TPSA) is 60.7 Å². The fourth-order valence-electron chi connectivity index (χ4n) is 6.56. The largest absolute Gasteiger partial charge is 0.388 e. The van der Waals surface area contributed by atoms with Crippen molar-refractivity contribution in [1.82, 2.24) is 0 Å². The molecule has 5 heteroatoms. The van der Waals surface area contributed by atoms with E-state index >= 15 is 0 Å². The Balaban J connectivity index is 1.70. The van der Waals surface area contributed by atoms with Gasteiger partial charge in [0.1, 0.15) is 5.60 Å². The van der Waals surface area contributed by atoms with E-state index in [0.29, 0.717) is 36.7 Å². The van der Waals surface area contributed by atoms with E-state index in [1.165, 1.54) is 19.4 Å². The summed E-state index contributed by atoms with van der Waals surface area (Å²) in [7, 11) is 0. The molecule has 182 valence electrons. The molecule has 3 fully saturated rings. The summed E-state index contributed by atoms with van der Waals surface area (Å²) in [5.74, 6) is -2.03. The smallest absolute Gasteiger partial charge is 0.275 e. The summed E-state index contributed by atoms with van der Waals surface area (Å²) in [4.78, 5) is 0. The molecule has 0 aromatic rings. The van der Waals surface area contributed by atoms with Crippen LogP contribution in [0.25, 0.3) is 0 Å². The van der Waals surface area contributed by atoms with E-state index in [2.05, 4.69) is 32.6 Å². The third kappa shape index (κ3) is 5.05. The van der Waals surface area contributed by atoms with E-state index in [-0.39, 0.29) is 17.8 Å². The zero-order valence-electron chi connectivity index (χ0n) is 20.2. The first-order chi connectivity index (χ1) is 14.8. The van der Waals surface area contributed by atoms with Crippen molar-refractivity contribution >= 4 is 0 Å². The van der Waals surface area contributed by atoms with Gasteiger partial charge in [-0.25, -0.2) is 8.78 Å². The van der Waals surface area contributed by atoms with Crippen LogP contribution in [0.5, 0.6) is 0 Å². The minimum absolute atomic E-state index is 0.117. The van der Waals surface area contributed by atoms with Gasteiger partial charge in [-0.05, 0) is 94.0 Å². The van der Waals surface area contributed by atoms with Gasteiger partial charge in [0.25, 0.3) is 5.92 Å². The summed E-state index contributed by atoms with van der Waals surface area (Å²) < 4.78 is 28.6. The number of halogens is 2. The number of hydrogen-bond acceptors (Lipinski definition) is 3. The molecular formula is C27H42F2O3. The predicted octanol–water partition coefficient (Wildman–Crippen LogP) is 5.95. The van der Waals surface area contributed by atoms with Gasteiger partial charge < -0.3 is 15.3 Å². The molecule has 3 N–H and O–H groups in total. The Morgan fingerprint density at radius 3 is 2.38 bits per heavy atom. The summed E-state index contributed by atoms with van der Waals surface area (Å²) in [6.45, 7) is 10.6. The third-order valence-electron chi connectivity index (χ3n) is 8.83. The van der Waals surface area contributed by atoms with E-state index in [9.17, 15) is 24.1 Å². The number of fused-ring (bicyclic) bond motifs is 1. The lowest BCUT2D eigenvalue weighted by atomic mass is 9.60. The van der Waals surface area contributed by atoms with Gasteiger partial charge in [-0.2, -0.15) is 0 Å². The molecule has 0 heterocycles. The molecule has 0 amide bonds. The van der Waals surface area contributed by atoms with Crippen LogP contribution in [0.3, 0.4) is 0 Å². The van der Waals surface area contributed by atoms with Crippen molar-refractivity contribution in [2.45, 2.75) is 109 Å². The zero-order valence-corrected chi connectivity index (χ0v) is 20.2. The Labute approximate surface area is 192 Å². The van der Waals surface area contributed by atoms with Gasteiger partial charge in [0.05, 0.1) is 12.2 Å². The predicted molar refractivity (Wildman–Crippen MR) is 124 cm³/mol. The molecule has 0 aromatic carbocycles. The van der Waals surface area contributed by atoms with E-state index < -0.39 is 23.7 Å². The average molecular weight is 453 g/mol. The molecule has 0 bridgehead atoms. The van der Waals surface area contributed by atoms with Crippen LogP contribution in [-0.2, 0) is 0 Å². The number of aliphatic hydroxyl groups is 3. The van der Waals surface area contributed by atoms with Crippen molar-refractivity contribution < 1.29 is 24.1 Å². The van der Waals surface area contributed by atoms with Crippen molar-refractivity contribution in [3.8, 4) is 0 Å². The minimum Gasteiger partial charge on any atom is -0.388 e. The lowest BCUT2D eigenvalue weighted by molar-refractivity contribution is -0.168. The summed E-state index contributed by atoms with van der Waals surface area (Å²) >= 11 is 0. The SMILES string of the molecule is C=C1C(O)C/C(=C\C=C2/CCCC3(C)C2CCC3[C@H](C)CCC(F)(F)C(C)(C)O)C[C@H]1O. The molecule has 3 saturated carbocycles. The molecule has 6 atom stereocenters. The number of alkyl halides is 2. The van der Waals surface area contributed by atoms with Gasteiger partial charge >= 0.3 is 0 Å². The normalized spacial score (nSPS) is 37.7. The Morgan fingerprint density at radius 1 is 1.16 bits per heavy atom. The molecule has 3 rings (SSSR count). The monoisotopic (exact) mass is 452 g/mol. The lowest BCUT2D eigenvalue weighted by Crippen LogP contribution is -2.43. The van der Waals surface area contributed by atoms with E-state index in [1.54, 1.807) is 0 Å². The molecule has 3 aliphatic carbocycles. The highest BCUT2D eigenvalue weighted by Gasteiger charge is 2.51. The zero-order chi connectivity index (χ0) is 23.9. The summed E-state index contributed by atoms with van der Waals surface area (Å²) in [6, 6.07) is 0. The Morgan fingerprint density at radius 2 is 1.78 bits per heavy atom. The van der Waals surface area contributed by atoms with Gasteiger partial charge in [-0.15, -0.1) is 0 Å². The molecular weight excluding hydrogens is 410 g/mol. The van der Waals surface area contributed by atoms with Crippen molar-refractivity contribution in [2.24, 2.45) is 23.2 Å². The molecule has 32 heavy (non-hydrogen) atoms. The van der Waals surface area contributed by atoms with Gasteiger partial charge in [0.15, 0.2) is 0 Å². The number of allylic oxidation sites excluding steroid dienone is 3. The maximum absolute atomic E-state index is 14.3. The summed E-state index contributed by atoms with van der Waals surface area (Å²) in [5, 5.41) is 30.0. The van der Waals surface area contributed by atoms with Crippen LogP contribution < -0.4 is 0 Å². The molecule has 0 aromatic heterocycles. The Bertz CT molecular complexity index is 747. The van der Waals surface area contributed by atoms with Crippen molar-refractivity contribution in [2.75, 3.05) is 0 Å². The molecule has 0 saturated heterocycles. The standard InChI is InChI=1S/C27H42F2O3/c1-17(12-14-27(28,29)25(3,4)32)21-10-11-22-20(7-6-13-26(21,22)5)9-8-19-15-23(30)18(2)24(31)16-19/h8-9,17,21-24,30-32H,2,6-7,10-16H2,1,3-5H3/b19-8-,20-9+/t17-,21?,22?,23-,24?,26?/m1/s1. The maximum atomic E-state index is 14.3. The molecule has 0 aliphatic heterocycles. The number of aliphatic hydroxyl groups excluding tert-OH is 2. The third-order valence-corrected chi connectivity index (χ3v) is 8.83. The first-order valence-electron chi connectivity index (χ1n) is 12.3. The maximum Gasteiger partial charge on any atom is 0.275 e. The van der Waals surface area contributed by atoms with Crippen molar-refractivity contribution in [1.29, 1.82) is 0 Å². The van der Waals surface area contributed by atoms with E-state index in [1.807, 2.05) is 0 Å². The first-order valence-corrected chi connectivity index (χ1v) is 12.3. The fourth-order valence-corrected chi connectivity index (χ4v) is 6.56. The highest BCUT2D eigenvalue weighted by molar-refractivity contribution is 5.29. The van der Waals surface area contributed by atoms with Crippen LogP contribution in [0.1, 0.15) is 85.5 Å². The van der Waals surface area contributed by atoms with Crippen LogP contribution in [0.15, 0.2) is 35.5 Å². The highest BCUT2D eigenvalue weighted by atomic mass is 19.3. The van der Waals surface area contributed by atoms with E-state index in [4.69, 9.17) is 0 Å². The minimum atomic E-state index is -3.08. The molecule has 0 radical (unpaired) electrons. The molecule has 4 unspecified atom stereocenters. The number of hydrogen-bond donors (Lipinski definition) is 3. The molecule has 3 nitrogen and oxygen atoms in total. The van der Waals surface area contributed by atoms with Gasteiger partial charge in [-0.1, -0.05) is 43.7 Å². The first kappa shape index (κ1) is 25.6. The second-order valence-electron chi connectivity index (χ2n) is 11.5. The van der Waals surface area contributed by atoms with Crippen molar-refractivity contribution in [3.05, 3.63) is 35.5 Å². The second kappa shape index (κ2) is 9.31. The quantitative estimate of drug-likeness (QED) is 0.437. The Kier molecular flexibility index (Phi) is 7.44. The average Bonchev–Trinajstić information content (AvgIpc) is 3.05. The van der Waals surface area contributed by atoms with Gasteiger partial charge in [0.2, 0.25) is 0 Å². The van der Waals surface area contributed by atoms with Crippen LogP contribution in [0, 0.1) is 23.2 Å².